The van der Waals surface area contributed by atoms with E-state index in [1.165, 1.54) is 6.07 Å². The zero-order chi connectivity index (χ0) is 18.2. The fourth-order valence-corrected chi connectivity index (χ4v) is 2.52. The minimum absolute atomic E-state index is 0. The van der Waals surface area contributed by atoms with Gasteiger partial charge in [0.2, 0.25) is 5.91 Å². The number of primary amides is 1. The van der Waals surface area contributed by atoms with Gasteiger partial charge >= 0.3 is 0 Å². The summed E-state index contributed by atoms with van der Waals surface area (Å²) < 4.78 is 13.4. The second-order valence-corrected chi connectivity index (χ2v) is 7.01. The fourth-order valence-electron chi connectivity index (χ4n) is 1.94. The van der Waals surface area contributed by atoms with E-state index >= 15 is 0 Å². The Bertz CT molecular complexity index is 596. The molecule has 1 rings (SSSR count). The van der Waals surface area contributed by atoms with Crippen molar-refractivity contribution in [1.82, 2.24) is 10.6 Å². The first-order valence-corrected chi connectivity index (χ1v) is 9.28. The normalized spacial score (nSPS) is 11.6. The van der Waals surface area contributed by atoms with E-state index in [0.29, 0.717) is 25.6 Å². The Morgan fingerprint density at radius 1 is 1.32 bits per heavy atom. The van der Waals surface area contributed by atoms with Crippen molar-refractivity contribution in [2.75, 3.05) is 19.3 Å². The van der Waals surface area contributed by atoms with Crippen LogP contribution in [0.5, 0.6) is 0 Å². The van der Waals surface area contributed by atoms with E-state index in [4.69, 9.17) is 5.73 Å². The number of nitrogens with one attached hydrogen (secondary N) is 2. The number of nitrogens with two attached hydrogens (primary N) is 1. The summed E-state index contributed by atoms with van der Waals surface area (Å²) in [6.45, 7) is 7.04. The van der Waals surface area contributed by atoms with Gasteiger partial charge in [0.1, 0.15) is 5.82 Å². The summed E-state index contributed by atoms with van der Waals surface area (Å²) in [5.41, 5.74) is 6.64. The van der Waals surface area contributed by atoms with Crippen molar-refractivity contribution in [2.24, 2.45) is 16.1 Å². The molecule has 0 bridgehead atoms. The van der Waals surface area contributed by atoms with Crippen LogP contribution in [0.3, 0.4) is 0 Å². The SMILES string of the molecule is CCNC(=NCc1ccc(F)cc1CSC)NCC(C)(C)C(N)=O.I. The van der Waals surface area contributed by atoms with Crippen molar-refractivity contribution < 1.29 is 9.18 Å². The monoisotopic (exact) mass is 482 g/mol. The molecule has 0 aliphatic rings. The second kappa shape index (κ2) is 11.6. The quantitative estimate of drug-likeness (QED) is 0.303. The number of aliphatic imine (C=N–C) groups is 1. The summed E-state index contributed by atoms with van der Waals surface area (Å²) >= 11 is 1.64. The number of carbonyl (C=O) groups is 1. The maximum absolute atomic E-state index is 13.4. The molecule has 4 N–H and O–H groups in total. The van der Waals surface area contributed by atoms with Crippen molar-refractivity contribution in [2.45, 2.75) is 33.1 Å². The molecule has 0 heterocycles. The minimum Gasteiger partial charge on any atom is -0.369 e. The zero-order valence-corrected chi connectivity index (χ0v) is 18.3. The molecule has 142 valence electrons. The predicted octanol–water partition coefficient (Wildman–Crippen LogP) is 2.87. The van der Waals surface area contributed by atoms with Crippen LogP contribution >= 0.6 is 35.7 Å². The van der Waals surface area contributed by atoms with Crippen molar-refractivity contribution in [3.8, 4) is 0 Å². The number of benzene rings is 1. The maximum Gasteiger partial charge on any atom is 0.224 e. The molecule has 8 heteroatoms. The molecule has 0 spiro atoms. The lowest BCUT2D eigenvalue weighted by atomic mass is 9.93. The highest BCUT2D eigenvalue weighted by atomic mass is 127. The van der Waals surface area contributed by atoms with Crippen molar-refractivity contribution >= 4 is 47.6 Å². The van der Waals surface area contributed by atoms with Gasteiger partial charge < -0.3 is 16.4 Å². The lowest BCUT2D eigenvalue weighted by Gasteiger charge is -2.22. The summed E-state index contributed by atoms with van der Waals surface area (Å²) in [5, 5.41) is 6.27. The Labute approximate surface area is 170 Å². The van der Waals surface area contributed by atoms with E-state index in [9.17, 15) is 9.18 Å². The molecule has 1 amide bonds. The van der Waals surface area contributed by atoms with Gasteiger partial charge in [0, 0.05) is 18.8 Å². The number of rotatable bonds is 8. The smallest absolute Gasteiger partial charge is 0.224 e. The van der Waals surface area contributed by atoms with E-state index in [-0.39, 0.29) is 35.7 Å². The summed E-state index contributed by atoms with van der Waals surface area (Å²) in [6.07, 6.45) is 1.98. The third-order valence-corrected chi connectivity index (χ3v) is 4.18. The average molecular weight is 482 g/mol. The number of halogens is 2. The van der Waals surface area contributed by atoms with Crippen LogP contribution < -0.4 is 16.4 Å². The van der Waals surface area contributed by atoms with Crippen LogP contribution in [0, 0.1) is 11.2 Å². The Morgan fingerprint density at radius 3 is 2.56 bits per heavy atom. The van der Waals surface area contributed by atoms with Crippen molar-refractivity contribution in [1.29, 1.82) is 0 Å². The Kier molecular flexibility index (Phi) is 11.1. The molecular formula is C17H28FIN4OS. The Balaban J connectivity index is 0.00000576. The van der Waals surface area contributed by atoms with Gasteiger partial charge in [-0.1, -0.05) is 6.07 Å². The largest absolute Gasteiger partial charge is 0.369 e. The molecule has 0 saturated carbocycles. The molecule has 5 nitrogen and oxygen atoms in total. The van der Waals surface area contributed by atoms with Crippen LogP contribution in [0.25, 0.3) is 0 Å². The summed E-state index contributed by atoms with van der Waals surface area (Å²) in [5.74, 6) is 0.735. The number of nitrogens with zero attached hydrogens (tertiary/aromatic N) is 1. The molecule has 0 aliphatic heterocycles. The van der Waals surface area contributed by atoms with Gasteiger partial charge in [-0.3, -0.25) is 4.79 Å². The molecular weight excluding hydrogens is 454 g/mol. The van der Waals surface area contributed by atoms with Gasteiger partial charge in [-0.2, -0.15) is 11.8 Å². The maximum atomic E-state index is 13.4. The van der Waals surface area contributed by atoms with Crippen LogP contribution in [0.15, 0.2) is 23.2 Å². The number of hydrogen-bond acceptors (Lipinski definition) is 3. The molecule has 25 heavy (non-hydrogen) atoms. The minimum atomic E-state index is -0.671. The van der Waals surface area contributed by atoms with E-state index < -0.39 is 5.41 Å². The molecule has 0 radical (unpaired) electrons. The van der Waals surface area contributed by atoms with E-state index in [0.717, 1.165) is 16.9 Å². The lowest BCUT2D eigenvalue weighted by molar-refractivity contribution is -0.125. The van der Waals surface area contributed by atoms with Crippen LogP contribution in [0.2, 0.25) is 0 Å². The fraction of sp³-hybridized carbons (Fsp3) is 0.529. The van der Waals surface area contributed by atoms with Crippen molar-refractivity contribution in [3.63, 3.8) is 0 Å². The number of thioether (sulfide) groups is 1. The van der Waals surface area contributed by atoms with E-state index in [1.54, 1.807) is 37.7 Å². The second-order valence-electron chi connectivity index (χ2n) is 6.14. The van der Waals surface area contributed by atoms with Gasteiger partial charge in [-0.25, -0.2) is 9.38 Å². The molecule has 0 aromatic heterocycles. The van der Waals surface area contributed by atoms with Gasteiger partial charge in [0.15, 0.2) is 5.96 Å². The van der Waals surface area contributed by atoms with Gasteiger partial charge in [0.05, 0.1) is 12.0 Å². The topological polar surface area (TPSA) is 79.5 Å². The molecule has 1 aromatic rings. The van der Waals surface area contributed by atoms with Gasteiger partial charge in [-0.15, -0.1) is 24.0 Å². The molecule has 0 unspecified atom stereocenters. The third kappa shape index (κ3) is 8.26. The van der Waals surface area contributed by atoms with Crippen LogP contribution in [0.1, 0.15) is 31.9 Å². The highest BCUT2D eigenvalue weighted by Crippen LogP contribution is 2.17. The molecule has 0 saturated heterocycles. The Hall–Kier alpha value is -1.03. The predicted molar refractivity (Wildman–Crippen MR) is 115 cm³/mol. The Morgan fingerprint density at radius 2 is 2.00 bits per heavy atom. The van der Waals surface area contributed by atoms with Crippen LogP contribution in [-0.2, 0) is 17.1 Å². The first-order chi connectivity index (χ1) is 11.3. The van der Waals surface area contributed by atoms with E-state index in [1.807, 2.05) is 13.2 Å². The highest BCUT2D eigenvalue weighted by molar-refractivity contribution is 14.0. The first kappa shape index (κ1) is 24.0. The first-order valence-electron chi connectivity index (χ1n) is 7.88. The number of hydrogen-bond donors (Lipinski definition) is 3. The number of carbonyl (C=O) groups excluding carboxylic acids is 1. The lowest BCUT2D eigenvalue weighted by Crippen LogP contribution is -2.46. The standard InChI is InChI=1S/C17H27FN4OS.HI/c1-5-20-16(22-11-17(2,3)15(19)23)21-9-12-6-7-14(18)8-13(12)10-24-4;/h6-8H,5,9-11H2,1-4H3,(H2,19,23)(H2,20,21,22);1H. The number of amides is 1. The van der Waals surface area contributed by atoms with Gasteiger partial charge in [0.25, 0.3) is 0 Å². The molecule has 0 fully saturated rings. The summed E-state index contributed by atoms with van der Waals surface area (Å²) in [7, 11) is 0. The van der Waals surface area contributed by atoms with Crippen molar-refractivity contribution in [3.05, 3.63) is 35.1 Å². The van der Waals surface area contributed by atoms with Crippen LogP contribution in [0.4, 0.5) is 4.39 Å². The van der Waals surface area contributed by atoms with E-state index in [2.05, 4.69) is 15.6 Å². The molecule has 0 aliphatic carbocycles. The summed E-state index contributed by atoms with van der Waals surface area (Å²) in [4.78, 5) is 15.9. The zero-order valence-electron chi connectivity index (χ0n) is 15.2. The number of guanidine groups is 1. The molecule has 0 atom stereocenters. The van der Waals surface area contributed by atoms with Crippen LogP contribution in [-0.4, -0.2) is 31.2 Å². The third-order valence-electron chi connectivity index (χ3n) is 3.58. The summed E-state index contributed by atoms with van der Waals surface area (Å²) in [6, 6.07) is 4.77. The highest BCUT2D eigenvalue weighted by Gasteiger charge is 2.24. The average Bonchev–Trinajstić information content (AvgIpc) is 2.51. The molecule has 1 aromatic carbocycles. The van der Waals surface area contributed by atoms with Gasteiger partial charge in [-0.05, 0) is 50.3 Å².